The second kappa shape index (κ2) is 9.47. The summed E-state index contributed by atoms with van der Waals surface area (Å²) in [5.74, 6) is 0. The topological polar surface area (TPSA) is 53.7 Å². The molecule has 0 bridgehead atoms. The molecular formula is C13H23NO3S. The highest BCUT2D eigenvalue weighted by Gasteiger charge is 2.19. The number of rotatable bonds is 10. The number of ether oxygens (including phenoxy) is 3. The lowest BCUT2D eigenvalue weighted by atomic mass is 10.0. The lowest BCUT2D eigenvalue weighted by molar-refractivity contribution is -0.0164. The van der Waals surface area contributed by atoms with E-state index >= 15 is 0 Å². The van der Waals surface area contributed by atoms with Crippen molar-refractivity contribution in [2.24, 2.45) is 5.73 Å². The van der Waals surface area contributed by atoms with E-state index in [0.717, 1.165) is 12.0 Å². The average Bonchev–Trinajstić information content (AvgIpc) is 2.91. The van der Waals surface area contributed by atoms with Crippen molar-refractivity contribution in [3.8, 4) is 0 Å². The van der Waals surface area contributed by atoms with Gasteiger partial charge in [0, 0.05) is 13.2 Å². The first kappa shape index (κ1) is 15.6. The normalized spacial score (nSPS) is 14.6. The van der Waals surface area contributed by atoms with Crippen LogP contribution in [0.2, 0.25) is 0 Å². The lowest BCUT2D eigenvalue weighted by Crippen LogP contribution is -2.30. The van der Waals surface area contributed by atoms with Crippen LogP contribution in [-0.4, -0.2) is 39.6 Å². The Kier molecular flexibility index (Phi) is 8.20. The van der Waals surface area contributed by atoms with E-state index in [1.807, 2.05) is 5.38 Å². The summed E-state index contributed by atoms with van der Waals surface area (Å²) in [4.78, 5) is 0. The summed E-state index contributed by atoms with van der Waals surface area (Å²) in [6, 6.07) is 2.09. The van der Waals surface area contributed by atoms with Gasteiger partial charge in [-0.25, -0.2) is 0 Å². The van der Waals surface area contributed by atoms with Gasteiger partial charge in [0.2, 0.25) is 0 Å². The molecule has 2 N–H and O–H groups in total. The predicted molar refractivity (Wildman–Crippen MR) is 74.0 cm³/mol. The van der Waals surface area contributed by atoms with E-state index in [2.05, 4.69) is 18.4 Å². The quantitative estimate of drug-likeness (QED) is 0.664. The minimum atomic E-state index is -0.0349. The summed E-state index contributed by atoms with van der Waals surface area (Å²) in [6.45, 7) is 4.41. The number of hydrogen-bond acceptors (Lipinski definition) is 5. The summed E-state index contributed by atoms with van der Waals surface area (Å²) >= 11 is 1.66. The first-order chi connectivity index (χ1) is 8.79. The third-order valence-electron chi connectivity index (χ3n) is 2.69. The number of hydrogen-bond donors (Lipinski definition) is 1. The molecule has 0 aliphatic carbocycles. The van der Waals surface area contributed by atoms with Crippen molar-refractivity contribution >= 4 is 11.3 Å². The van der Waals surface area contributed by atoms with Crippen molar-refractivity contribution in [3.05, 3.63) is 22.4 Å². The van der Waals surface area contributed by atoms with Crippen molar-refractivity contribution in [2.75, 3.05) is 33.5 Å². The highest BCUT2D eigenvalue weighted by Crippen LogP contribution is 2.24. The van der Waals surface area contributed by atoms with Gasteiger partial charge in [-0.3, -0.25) is 0 Å². The fourth-order valence-corrected chi connectivity index (χ4v) is 2.28. The van der Waals surface area contributed by atoms with Crippen LogP contribution in [0, 0.1) is 0 Å². The van der Waals surface area contributed by atoms with E-state index in [1.165, 1.54) is 0 Å². The molecule has 0 saturated carbocycles. The van der Waals surface area contributed by atoms with Crippen LogP contribution in [0.3, 0.4) is 0 Å². The first-order valence-electron chi connectivity index (χ1n) is 6.25. The molecule has 4 nitrogen and oxygen atoms in total. The lowest BCUT2D eigenvalue weighted by Gasteiger charge is -2.22. The van der Waals surface area contributed by atoms with Gasteiger partial charge in [0.05, 0.1) is 32.5 Å². The summed E-state index contributed by atoms with van der Waals surface area (Å²) in [5.41, 5.74) is 7.25. The Bertz CT molecular complexity index is 292. The molecule has 0 fully saturated rings. The molecule has 0 spiro atoms. The van der Waals surface area contributed by atoms with E-state index in [-0.39, 0.29) is 12.1 Å². The van der Waals surface area contributed by atoms with Crippen LogP contribution >= 0.6 is 11.3 Å². The van der Waals surface area contributed by atoms with E-state index in [0.29, 0.717) is 26.4 Å². The zero-order valence-corrected chi connectivity index (χ0v) is 11.9. The van der Waals surface area contributed by atoms with Crippen LogP contribution in [0.4, 0.5) is 0 Å². The summed E-state index contributed by atoms with van der Waals surface area (Å²) in [6.07, 6.45) is 0.859. The van der Waals surface area contributed by atoms with Gasteiger partial charge in [-0.15, -0.1) is 0 Å². The molecule has 1 aromatic heterocycles. The fraction of sp³-hybridized carbons (Fsp3) is 0.692. The van der Waals surface area contributed by atoms with Gasteiger partial charge in [-0.05, 0) is 28.8 Å². The minimum Gasteiger partial charge on any atom is -0.382 e. The maximum absolute atomic E-state index is 6.09. The maximum atomic E-state index is 6.09. The second-order valence-corrected chi connectivity index (χ2v) is 4.81. The average molecular weight is 273 g/mol. The molecule has 0 aromatic carbocycles. The van der Waals surface area contributed by atoms with Gasteiger partial charge in [-0.2, -0.15) is 11.3 Å². The van der Waals surface area contributed by atoms with Gasteiger partial charge in [-0.1, -0.05) is 6.92 Å². The van der Waals surface area contributed by atoms with Crippen LogP contribution in [-0.2, 0) is 14.2 Å². The highest BCUT2D eigenvalue weighted by atomic mass is 32.1. The second-order valence-electron chi connectivity index (χ2n) is 4.03. The summed E-state index contributed by atoms with van der Waals surface area (Å²) in [7, 11) is 1.66. The van der Waals surface area contributed by atoms with E-state index in [4.69, 9.17) is 19.9 Å². The Labute approximate surface area is 113 Å². The van der Waals surface area contributed by atoms with Crippen LogP contribution < -0.4 is 5.73 Å². The Morgan fingerprint density at radius 3 is 2.67 bits per heavy atom. The molecular weight excluding hydrogens is 250 g/mol. The smallest absolute Gasteiger partial charge is 0.0984 e. The molecule has 1 aromatic rings. The van der Waals surface area contributed by atoms with Crippen molar-refractivity contribution in [2.45, 2.75) is 25.5 Å². The molecule has 1 heterocycles. The van der Waals surface area contributed by atoms with Crippen LogP contribution in [0.5, 0.6) is 0 Å². The third kappa shape index (κ3) is 5.46. The van der Waals surface area contributed by atoms with E-state index < -0.39 is 0 Å². The van der Waals surface area contributed by atoms with Crippen LogP contribution in [0.15, 0.2) is 16.8 Å². The number of thiophene rings is 1. The zero-order valence-electron chi connectivity index (χ0n) is 11.1. The maximum Gasteiger partial charge on any atom is 0.0984 e. The van der Waals surface area contributed by atoms with Gasteiger partial charge in [0.1, 0.15) is 0 Å². The van der Waals surface area contributed by atoms with E-state index in [1.54, 1.807) is 18.4 Å². The Hall–Kier alpha value is -0.460. The highest BCUT2D eigenvalue weighted by molar-refractivity contribution is 7.07. The molecule has 2 unspecified atom stereocenters. The molecule has 0 amide bonds. The molecule has 18 heavy (non-hydrogen) atoms. The minimum absolute atomic E-state index is 0.0265. The first-order valence-corrected chi connectivity index (χ1v) is 7.19. The zero-order chi connectivity index (χ0) is 13.2. The van der Waals surface area contributed by atoms with Crippen molar-refractivity contribution in [1.82, 2.24) is 0 Å². The Morgan fingerprint density at radius 2 is 2.06 bits per heavy atom. The largest absolute Gasteiger partial charge is 0.382 e. The molecule has 104 valence electrons. The predicted octanol–water partition coefficient (Wildman–Crippen LogP) is 2.21. The third-order valence-corrected chi connectivity index (χ3v) is 3.39. The van der Waals surface area contributed by atoms with Crippen molar-refractivity contribution < 1.29 is 14.2 Å². The van der Waals surface area contributed by atoms with Gasteiger partial charge >= 0.3 is 0 Å². The monoisotopic (exact) mass is 273 g/mol. The van der Waals surface area contributed by atoms with Crippen molar-refractivity contribution in [3.63, 3.8) is 0 Å². The molecule has 0 radical (unpaired) electrons. The fourth-order valence-electron chi connectivity index (χ4n) is 1.60. The van der Waals surface area contributed by atoms with Crippen LogP contribution in [0.1, 0.15) is 25.0 Å². The Morgan fingerprint density at radius 1 is 1.28 bits per heavy atom. The van der Waals surface area contributed by atoms with Crippen molar-refractivity contribution in [1.29, 1.82) is 0 Å². The molecule has 2 atom stereocenters. The van der Waals surface area contributed by atoms with Gasteiger partial charge < -0.3 is 19.9 Å². The standard InChI is InChI=1S/C13H23NO3S/c1-3-12(14)13(11-4-9-18-10-11)17-8-7-16-6-5-15-2/h4,9-10,12-13H,3,5-8,14H2,1-2H3. The van der Waals surface area contributed by atoms with Gasteiger partial charge in [0.25, 0.3) is 0 Å². The molecule has 0 aliphatic heterocycles. The molecule has 5 heteroatoms. The molecule has 0 saturated heterocycles. The van der Waals surface area contributed by atoms with Crippen LogP contribution in [0.25, 0.3) is 0 Å². The SMILES string of the molecule is CCC(N)C(OCCOCCOC)c1ccsc1. The van der Waals surface area contributed by atoms with Gasteiger partial charge in [0.15, 0.2) is 0 Å². The van der Waals surface area contributed by atoms with E-state index in [9.17, 15) is 0 Å². The Balaban J connectivity index is 2.30. The summed E-state index contributed by atoms with van der Waals surface area (Å²) in [5, 5.41) is 4.13. The number of methoxy groups -OCH3 is 1. The summed E-state index contributed by atoms with van der Waals surface area (Å²) < 4.78 is 16.1. The number of nitrogens with two attached hydrogens (primary N) is 1. The molecule has 1 rings (SSSR count). The molecule has 0 aliphatic rings.